The number of rotatable bonds is 6. The van der Waals surface area contributed by atoms with Crippen molar-refractivity contribution >= 4 is 33.5 Å². The van der Waals surface area contributed by atoms with Crippen LogP contribution in [0, 0.1) is 0 Å². The Balaban J connectivity index is 0.00000243. The zero-order chi connectivity index (χ0) is 18.2. The molecule has 0 radical (unpaired) electrons. The summed E-state index contributed by atoms with van der Waals surface area (Å²) < 4.78 is 36.3. The minimum Gasteiger partial charge on any atom is -0.383 e. The lowest BCUT2D eigenvalue weighted by atomic mass is 9.99. The molecule has 2 N–H and O–H groups in total. The number of nitrogens with one attached hydrogen (secondary N) is 2. The van der Waals surface area contributed by atoms with Crippen LogP contribution in [-0.2, 0) is 28.9 Å². The Labute approximate surface area is 159 Å². The molecular weight excluding hydrogens is 380 g/mol. The molecule has 2 aromatic rings. The van der Waals surface area contributed by atoms with Crippen LogP contribution in [0.2, 0.25) is 0 Å². The molecule has 0 spiro atoms. The lowest BCUT2D eigenvalue weighted by Gasteiger charge is -2.28. The van der Waals surface area contributed by atoms with Crippen LogP contribution in [0.4, 0.5) is 0 Å². The van der Waals surface area contributed by atoms with E-state index in [1.807, 2.05) is 0 Å². The van der Waals surface area contributed by atoms with Crippen molar-refractivity contribution in [2.75, 3.05) is 26.8 Å². The first-order chi connectivity index (χ1) is 11.8. The summed E-state index contributed by atoms with van der Waals surface area (Å²) in [5, 5.41) is 3.34. The Morgan fingerprint density at radius 3 is 2.58 bits per heavy atom. The largest absolute Gasteiger partial charge is 0.383 e. The van der Waals surface area contributed by atoms with Crippen LogP contribution < -0.4 is 15.7 Å². The highest BCUT2D eigenvalue weighted by atomic mass is 35.5. The molecular formula is C16H25ClN4O4S. The molecule has 1 atom stereocenters. The second kappa shape index (κ2) is 7.69. The van der Waals surface area contributed by atoms with Gasteiger partial charge in [0.2, 0.25) is 10.0 Å². The highest BCUT2D eigenvalue weighted by Gasteiger charge is 2.34. The van der Waals surface area contributed by atoms with Crippen molar-refractivity contribution in [3.8, 4) is 0 Å². The summed E-state index contributed by atoms with van der Waals surface area (Å²) in [6.07, 6.45) is 1.85. The molecule has 0 amide bonds. The maximum atomic E-state index is 12.7. The molecule has 1 aliphatic heterocycles. The van der Waals surface area contributed by atoms with Crippen LogP contribution in [0.25, 0.3) is 11.0 Å². The predicted molar refractivity (Wildman–Crippen MR) is 102 cm³/mol. The Morgan fingerprint density at radius 1 is 1.27 bits per heavy atom. The summed E-state index contributed by atoms with van der Waals surface area (Å²) in [4.78, 5) is 12.1. The fourth-order valence-corrected chi connectivity index (χ4v) is 4.59. The molecule has 2 heterocycles. The molecule has 0 saturated carbocycles. The van der Waals surface area contributed by atoms with Crippen LogP contribution >= 0.6 is 12.4 Å². The van der Waals surface area contributed by atoms with Gasteiger partial charge in [0.15, 0.2) is 0 Å². The lowest BCUT2D eigenvalue weighted by Crippen LogP contribution is -2.52. The topological polar surface area (TPSA) is 94.4 Å². The normalized spacial score (nSPS) is 20.4. The third kappa shape index (κ3) is 3.67. The van der Waals surface area contributed by atoms with Crippen molar-refractivity contribution in [1.82, 2.24) is 19.2 Å². The van der Waals surface area contributed by atoms with Gasteiger partial charge in [0, 0.05) is 27.7 Å². The maximum absolute atomic E-state index is 12.7. The summed E-state index contributed by atoms with van der Waals surface area (Å²) in [5.74, 6) is 0. The minimum atomic E-state index is -3.69. The van der Waals surface area contributed by atoms with Crippen LogP contribution in [-0.4, -0.2) is 49.9 Å². The van der Waals surface area contributed by atoms with Gasteiger partial charge in [0.25, 0.3) is 0 Å². The third-order valence-electron chi connectivity index (χ3n) is 4.91. The first kappa shape index (κ1) is 20.9. The zero-order valence-corrected chi connectivity index (χ0v) is 16.7. The monoisotopic (exact) mass is 404 g/mol. The number of benzene rings is 1. The van der Waals surface area contributed by atoms with Gasteiger partial charge in [-0.15, -0.1) is 12.4 Å². The van der Waals surface area contributed by atoms with Crippen LogP contribution in [0.5, 0.6) is 0 Å². The molecule has 1 saturated heterocycles. The van der Waals surface area contributed by atoms with Gasteiger partial charge >= 0.3 is 5.69 Å². The van der Waals surface area contributed by atoms with Crippen molar-refractivity contribution in [2.45, 2.75) is 23.3 Å². The predicted octanol–water partition coefficient (Wildman–Crippen LogP) is 0.346. The first-order valence-electron chi connectivity index (χ1n) is 8.19. The van der Waals surface area contributed by atoms with Crippen LogP contribution in [0.3, 0.4) is 0 Å². The highest BCUT2D eigenvalue weighted by molar-refractivity contribution is 7.89. The maximum Gasteiger partial charge on any atom is 0.328 e. The van der Waals surface area contributed by atoms with Gasteiger partial charge in [-0.1, -0.05) is 0 Å². The Hall–Kier alpha value is -1.39. The van der Waals surface area contributed by atoms with Gasteiger partial charge in [0.05, 0.1) is 28.1 Å². The molecule has 1 aromatic heterocycles. The summed E-state index contributed by atoms with van der Waals surface area (Å²) in [6.45, 7) is 1.56. The fraction of sp³-hybridized carbons (Fsp3) is 0.562. The second-order valence-electron chi connectivity index (χ2n) is 6.62. The summed E-state index contributed by atoms with van der Waals surface area (Å²) >= 11 is 0. The van der Waals surface area contributed by atoms with E-state index in [2.05, 4.69) is 10.0 Å². The molecule has 1 unspecified atom stereocenters. The number of ether oxygens (including phenoxy) is 1. The van der Waals surface area contributed by atoms with Gasteiger partial charge in [-0.3, -0.25) is 9.13 Å². The van der Waals surface area contributed by atoms with E-state index >= 15 is 0 Å². The molecule has 1 fully saturated rings. The van der Waals surface area contributed by atoms with E-state index in [0.29, 0.717) is 17.6 Å². The average molecular weight is 405 g/mol. The number of halogens is 1. The quantitative estimate of drug-likeness (QED) is 0.724. The molecule has 1 aromatic carbocycles. The van der Waals surface area contributed by atoms with E-state index < -0.39 is 10.0 Å². The van der Waals surface area contributed by atoms with Crippen LogP contribution in [0.15, 0.2) is 27.9 Å². The van der Waals surface area contributed by atoms with E-state index in [1.54, 1.807) is 27.3 Å². The van der Waals surface area contributed by atoms with Crippen LogP contribution in [0.1, 0.15) is 12.8 Å². The van der Waals surface area contributed by atoms with E-state index in [9.17, 15) is 13.2 Å². The standard InChI is InChI=1S/C16H24N4O4S.ClH/c1-19-13-6-5-12(9-14(13)20(2)15(19)21)25(22,23)18-10-16(11-24-3)7-4-8-17-16;/h5-6,9,17-18H,4,7-8,10-11H2,1-3H3;1H. The van der Waals surface area contributed by atoms with Gasteiger partial charge in [-0.05, 0) is 37.6 Å². The van der Waals surface area contributed by atoms with E-state index in [0.717, 1.165) is 19.4 Å². The highest BCUT2D eigenvalue weighted by Crippen LogP contribution is 2.21. The molecule has 26 heavy (non-hydrogen) atoms. The number of methoxy groups -OCH3 is 1. The van der Waals surface area contributed by atoms with E-state index in [-0.39, 0.29) is 35.1 Å². The lowest BCUT2D eigenvalue weighted by molar-refractivity contribution is 0.122. The molecule has 0 bridgehead atoms. The average Bonchev–Trinajstić information content (AvgIpc) is 3.14. The SMILES string of the molecule is COCC1(CNS(=O)(=O)c2ccc3c(c2)n(C)c(=O)n3C)CCCN1.Cl. The summed E-state index contributed by atoms with van der Waals surface area (Å²) in [5.41, 5.74) is 0.721. The molecule has 0 aliphatic carbocycles. The smallest absolute Gasteiger partial charge is 0.328 e. The van der Waals surface area contributed by atoms with E-state index in [1.165, 1.54) is 21.3 Å². The number of hydrogen-bond donors (Lipinski definition) is 2. The number of fused-ring (bicyclic) bond motifs is 1. The third-order valence-corrected chi connectivity index (χ3v) is 6.31. The molecule has 146 valence electrons. The van der Waals surface area contributed by atoms with Gasteiger partial charge in [-0.2, -0.15) is 0 Å². The van der Waals surface area contributed by atoms with Gasteiger partial charge in [-0.25, -0.2) is 17.9 Å². The Morgan fingerprint density at radius 2 is 1.96 bits per heavy atom. The molecule has 10 heteroatoms. The van der Waals surface area contributed by atoms with Gasteiger partial charge < -0.3 is 10.1 Å². The molecule has 8 nitrogen and oxygen atoms in total. The summed E-state index contributed by atoms with van der Waals surface area (Å²) in [6, 6.07) is 4.71. The minimum absolute atomic E-state index is 0. The summed E-state index contributed by atoms with van der Waals surface area (Å²) in [7, 11) is 1.22. The molecule has 3 rings (SSSR count). The first-order valence-corrected chi connectivity index (χ1v) is 9.67. The zero-order valence-electron chi connectivity index (χ0n) is 15.1. The number of sulfonamides is 1. The van der Waals surface area contributed by atoms with Crippen molar-refractivity contribution < 1.29 is 13.2 Å². The van der Waals surface area contributed by atoms with Crippen molar-refractivity contribution in [3.63, 3.8) is 0 Å². The molecule has 1 aliphatic rings. The van der Waals surface area contributed by atoms with Crippen molar-refractivity contribution in [3.05, 3.63) is 28.7 Å². The second-order valence-corrected chi connectivity index (χ2v) is 8.39. The fourth-order valence-electron chi connectivity index (χ4n) is 3.44. The van der Waals surface area contributed by atoms with E-state index in [4.69, 9.17) is 4.74 Å². The number of aromatic nitrogens is 2. The van der Waals surface area contributed by atoms with Crippen molar-refractivity contribution in [2.24, 2.45) is 14.1 Å². The van der Waals surface area contributed by atoms with Crippen molar-refractivity contribution in [1.29, 1.82) is 0 Å². The Kier molecular flexibility index (Phi) is 6.19. The number of imidazole rings is 1. The number of aryl methyl sites for hydroxylation is 2. The number of hydrogen-bond acceptors (Lipinski definition) is 5. The number of nitrogens with zero attached hydrogens (tertiary/aromatic N) is 2. The van der Waals surface area contributed by atoms with Gasteiger partial charge in [0.1, 0.15) is 0 Å². The Bertz CT molecular complexity index is 945.